The number of anilines is 3. The molecule has 0 aliphatic carbocycles. The quantitative estimate of drug-likeness (QED) is 0.903. The Morgan fingerprint density at radius 1 is 0.963 bits per heavy atom. The largest absolute Gasteiger partial charge is 0.371 e. The molecule has 5 heteroatoms. The summed E-state index contributed by atoms with van der Waals surface area (Å²) in [6.45, 7) is 6.57. The molecular formula is C22H25N3O2. The second-order valence-electron chi connectivity index (χ2n) is 7.41. The maximum atomic E-state index is 12.7. The van der Waals surface area contributed by atoms with E-state index in [-0.39, 0.29) is 11.8 Å². The van der Waals surface area contributed by atoms with Gasteiger partial charge < -0.3 is 15.1 Å². The standard InChI is InChI=1S/C22H25N3O2/c1-15-13-19(6-8-20(15)24-10-3-4-11-24)23-22(27)18-5-7-21-17(14-18)9-12-25(21)16(2)26/h5-8,13-14H,3-4,9-12H2,1-2H3,(H,23,27). The van der Waals surface area contributed by atoms with Crippen LogP contribution in [0.4, 0.5) is 17.1 Å². The normalized spacial score (nSPS) is 15.8. The van der Waals surface area contributed by atoms with Gasteiger partial charge in [0.2, 0.25) is 5.91 Å². The number of aryl methyl sites for hydroxylation is 1. The first-order chi connectivity index (χ1) is 13.0. The number of nitrogens with zero attached hydrogens (tertiary/aromatic N) is 2. The molecule has 0 bridgehead atoms. The summed E-state index contributed by atoms with van der Waals surface area (Å²) in [4.78, 5) is 28.5. The van der Waals surface area contributed by atoms with E-state index in [2.05, 4.69) is 23.2 Å². The fraction of sp³-hybridized carbons (Fsp3) is 0.364. The highest BCUT2D eigenvalue weighted by atomic mass is 16.2. The van der Waals surface area contributed by atoms with E-state index < -0.39 is 0 Å². The number of nitrogens with one attached hydrogen (secondary N) is 1. The Labute approximate surface area is 160 Å². The fourth-order valence-electron chi connectivity index (χ4n) is 4.12. The second-order valence-corrected chi connectivity index (χ2v) is 7.41. The van der Waals surface area contributed by atoms with Crippen molar-refractivity contribution in [3.05, 3.63) is 53.1 Å². The maximum Gasteiger partial charge on any atom is 0.255 e. The van der Waals surface area contributed by atoms with Crippen LogP contribution in [0.15, 0.2) is 36.4 Å². The van der Waals surface area contributed by atoms with E-state index in [0.29, 0.717) is 12.1 Å². The van der Waals surface area contributed by atoms with E-state index in [1.807, 2.05) is 24.3 Å². The van der Waals surface area contributed by atoms with Crippen LogP contribution in [0.2, 0.25) is 0 Å². The average molecular weight is 363 g/mol. The lowest BCUT2D eigenvalue weighted by atomic mass is 10.1. The van der Waals surface area contributed by atoms with Gasteiger partial charge in [0, 0.05) is 49.2 Å². The minimum absolute atomic E-state index is 0.0412. The van der Waals surface area contributed by atoms with E-state index in [1.54, 1.807) is 17.9 Å². The fourth-order valence-corrected chi connectivity index (χ4v) is 4.12. The summed E-state index contributed by atoms with van der Waals surface area (Å²) >= 11 is 0. The van der Waals surface area contributed by atoms with Crippen LogP contribution in [0.3, 0.4) is 0 Å². The van der Waals surface area contributed by atoms with Crippen molar-refractivity contribution in [2.24, 2.45) is 0 Å². The Morgan fingerprint density at radius 2 is 1.70 bits per heavy atom. The van der Waals surface area contributed by atoms with Gasteiger partial charge in [-0.1, -0.05) is 0 Å². The summed E-state index contributed by atoms with van der Waals surface area (Å²) in [5, 5.41) is 3.00. The van der Waals surface area contributed by atoms with E-state index >= 15 is 0 Å². The van der Waals surface area contributed by atoms with Crippen LogP contribution in [0, 0.1) is 6.92 Å². The lowest BCUT2D eigenvalue weighted by Gasteiger charge is -2.20. The lowest BCUT2D eigenvalue weighted by molar-refractivity contribution is -0.116. The Balaban J connectivity index is 1.49. The zero-order chi connectivity index (χ0) is 19.0. The van der Waals surface area contributed by atoms with Crippen molar-refractivity contribution in [3.63, 3.8) is 0 Å². The zero-order valence-corrected chi connectivity index (χ0v) is 15.9. The molecule has 2 heterocycles. The molecule has 2 aromatic rings. The summed E-state index contributed by atoms with van der Waals surface area (Å²) in [5.74, 6) is -0.0769. The second kappa shape index (κ2) is 7.06. The molecule has 2 amide bonds. The lowest BCUT2D eigenvalue weighted by Crippen LogP contribution is -2.25. The molecule has 0 radical (unpaired) electrons. The number of benzene rings is 2. The summed E-state index contributed by atoms with van der Waals surface area (Å²) in [7, 11) is 0. The van der Waals surface area contributed by atoms with Crippen LogP contribution in [-0.2, 0) is 11.2 Å². The molecule has 1 fully saturated rings. The van der Waals surface area contributed by atoms with Crippen LogP contribution in [-0.4, -0.2) is 31.4 Å². The van der Waals surface area contributed by atoms with E-state index in [9.17, 15) is 9.59 Å². The van der Waals surface area contributed by atoms with Crippen molar-refractivity contribution < 1.29 is 9.59 Å². The molecule has 0 spiro atoms. The molecule has 27 heavy (non-hydrogen) atoms. The molecule has 2 aromatic carbocycles. The van der Waals surface area contributed by atoms with E-state index in [4.69, 9.17) is 0 Å². The first kappa shape index (κ1) is 17.6. The molecule has 4 rings (SSSR count). The van der Waals surface area contributed by atoms with Crippen molar-refractivity contribution >= 4 is 28.9 Å². The summed E-state index contributed by atoms with van der Waals surface area (Å²) < 4.78 is 0. The van der Waals surface area contributed by atoms with Gasteiger partial charge in [0.1, 0.15) is 0 Å². The summed E-state index contributed by atoms with van der Waals surface area (Å²) in [6.07, 6.45) is 3.29. The minimum atomic E-state index is -0.118. The van der Waals surface area contributed by atoms with E-state index in [0.717, 1.165) is 36.4 Å². The van der Waals surface area contributed by atoms with E-state index in [1.165, 1.54) is 24.1 Å². The van der Waals surface area contributed by atoms with Crippen LogP contribution in [0.5, 0.6) is 0 Å². The number of hydrogen-bond acceptors (Lipinski definition) is 3. The Bertz CT molecular complexity index is 900. The molecule has 5 nitrogen and oxygen atoms in total. The number of carbonyl (C=O) groups is 2. The number of carbonyl (C=O) groups excluding carboxylic acids is 2. The van der Waals surface area contributed by atoms with Crippen molar-refractivity contribution in [2.45, 2.75) is 33.1 Å². The predicted octanol–water partition coefficient (Wildman–Crippen LogP) is 3.76. The molecule has 2 aliphatic rings. The highest BCUT2D eigenvalue weighted by Gasteiger charge is 2.23. The monoisotopic (exact) mass is 363 g/mol. The topological polar surface area (TPSA) is 52.7 Å². The van der Waals surface area contributed by atoms with Crippen LogP contribution in [0.1, 0.15) is 41.3 Å². The SMILES string of the molecule is CC(=O)N1CCc2cc(C(=O)Nc3ccc(N4CCCC4)c(C)c3)ccc21. The summed E-state index contributed by atoms with van der Waals surface area (Å²) in [6, 6.07) is 11.7. The van der Waals surface area contributed by atoms with Gasteiger partial charge in [0.05, 0.1) is 0 Å². The van der Waals surface area contributed by atoms with Gasteiger partial charge in [-0.25, -0.2) is 0 Å². The first-order valence-electron chi connectivity index (χ1n) is 9.61. The predicted molar refractivity (Wildman–Crippen MR) is 109 cm³/mol. The third-order valence-corrected chi connectivity index (χ3v) is 5.52. The number of rotatable bonds is 3. The molecule has 0 unspecified atom stereocenters. The van der Waals surface area contributed by atoms with Gasteiger partial charge in [0.15, 0.2) is 0 Å². The summed E-state index contributed by atoms with van der Waals surface area (Å²) in [5.41, 5.74) is 5.85. The van der Waals surface area contributed by atoms with Crippen molar-refractivity contribution in [1.82, 2.24) is 0 Å². The number of hydrogen-bond donors (Lipinski definition) is 1. The van der Waals surface area contributed by atoms with Crippen LogP contribution < -0.4 is 15.1 Å². The molecule has 2 aliphatic heterocycles. The van der Waals surface area contributed by atoms with Gasteiger partial charge in [-0.15, -0.1) is 0 Å². The van der Waals surface area contributed by atoms with Crippen LogP contribution >= 0.6 is 0 Å². The zero-order valence-electron chi connectivity index (χ0n) is 15.9. The van der Waals surface area contributed by atoms with Gasteiger partial charge >= 0.3 is 0 Å². The molecular weight excluding hydrogens is 338 g/mol. The van der Waals surface area contributed by atoms with Gasteiger partial charge in [-0.05, 0) is 73.7 Å². The van der Waals surface area contributed by atoms with Gasteiger partial charge in [0.25, 0.3) is 5.91 Å². The Morgan fingerprint density at radius 3 is 2.41 bits per heavy atom. The highest BCUT2D eigenvalue weighted by molar-refractivity contribution is 6.05. The smallest absolute Gasteiger partial charge is 0.255 e. The maximum absolute atomic E-state index is 12.7. The average Bonchev–Trinajstić information content (AvgIpc) is 3.31. The third kappa shape index (κ3) is 3.42. The number of fused-ring (bicyclic) bond motifs is 1. The third-order valence-electron chi connectivity index (χ3n) is 5.52. The minimum Gasteiger partial charge on any atom is -0.371 e. The van der Waals surface area contributed by atoms with Gasteiger partial charge in [-0.2, -0.15) is 0 Å². The molecule has 0 aromatic heterocycles. The van der Waals surface area contributed by atoms with Crippen molar-refractivity contribution in [3.8, 4) is 0 Å². The highest BCUT2D eigenvalue weighted by Crippen LogP contribution is 2.30. The molecule has 1 N–H and O–H groups in total. The molecule has 1 saturated heterocycles. The van der Waals surface area contributed by atoms with Crippen molar-refractivity contribution in [2.75, 3.05) is 34.8 Å². The first-order valence-corrected chi connectivity index (χ1v) is 9.61. The Hall–Kier alpha value is -2.82. The molecule has 0 atom stereocenters. The molecule has 140 valence electrons. The number of amides is 2. The Kier molecular flexibility index (Phi) is 4.60. The molecule has 0 saturated carbocycles. The van der Waals surface area contributed by atoms with Crippen LogP contribution in [0.25, 0.3) is 0 Å². The van der Waals surface area contributed by atoms with Crippen molar-refractivity contribution in [1.29, 1.82) is 0 Å². The van der Waals surface area contributed by atoms with Gasteiger partial charge in [-0.3, -0.25) is 9.59 Å².